The van der Waals surface area contributed by atoms with E-state index in [2.05, 4.69) is 15.0 Å². The number of amides is 1. The van der Waals surface area contributed by atoms with Crippen LogP contribution in [0.15, 0.2) is 24.4 Å². The fourth-order valence-electron chi connectivity index (χ4n) is 2.70. The molecule has 1 fully saturated rings. The zero-order chi connectivity index (χ0) is 26.7. The third-order valence-corrected chi connectivity index (χ3v) is 6.50. The van der Waals surface area contributed by atoms with Gasteiger partial charge >= 0.3 is 12.3 Å². The molecule has 1 unspecified atom stereocenters. The van der Waals surface area contributed by atoms with Gasteiger partial charge < -0.3 is 19.5 Å². The highest BCUT2D eigenvalue weighted by Crippen LogP contribution is 2.35. The fourth-order valence-corrected chi connectivity index (χ4v) is 4.22. The highest BCUT2D eigenvalue weighted by atomic mass is 35.5. The summed E-state index contributed by atoms with van der Waals surface area (Å²) in [5, 5.41) is 2.07. The van der Waals surface area contributed by atoms with Gasteiger partial charge in [-0.1, -0.05) is 23.2 Å². The Morgan fingerprint density at radius 2 is 2.00 bits per heavy atom. The SMILES string of the molecule is O=C(NS(=O)(=O)C1CNCCO1)c1cc(Cl)c(Oc2cnc(OCC(F)(F)C(F)F)c(Cl)c2)cc1F. The fraction of sp³-hybridized carbons (Fsp3) is 0.368. The molecule has 0 radical (unpaired) electrons. The number of pyridine rings is 1. The molecule has 1 aliphatic heterocycles. The Bertz CT molecular complexity index is 1230. The molecule has 2 heterocycles. The molecule has 198 valence electrons. The summed E-state index contributed by atoms with van der Waals surface area (Å²) in [6, 6.07) is 2.50. The maximum Gasteiger partial charge on any atom is 0.340 e. The molecule has 1 amide bonds. The molecule has 1 aromatic carbocycles. The maximum atomic E-state index is 14.6. The molecule has 2 aromatic rings. The molecule has 0 saturated carbocycles. The van der Waals surface area contributed by atoms with Crippen molar-refractivity contribution < 1.29 is 49.4 Å². The van der Waals surface area contributed by atoms with Crippen LogP contribution < -0.4 is 19.5 Å². The molecule has 36 heavy (non-hydrogen) atoms. The van der Waals surface area contributed by atoms with Crippen LogP contribution in [-0.2, 0) is 14.8 Å². The van der Waals surface area contributed by atoms with Crippen molar-refractivity contribution >= 4 is 39.1 Å². The summed E-state index contributed by atoms with van der Waals surface area (Å²) in [5.74, 6) is -8.05. The van der Waals surface area contributed by atoms with Crippen molar-refractivity contribution in [3.63, 3.8) is 0 Å². The second-order valence-corrected chi connectivity index (χ2v) is 9.79. The molecule has 1 aromatic heterocycles. The average molecular weight is 580 g/mol. The van der Waals surface area contributed by atoms with Crippen molar-refractivity contribution in [3.8, 4) is 17.4 Å². The molecule has 1 atom stereocenters. The summed E-state index contributed by atoms with van der Waals surface area (Å²) in [4.78, 5) is 15.9. The number of carbonyl (C=O) groups excluding carboxylic acids is 1. The number of hydrogen-bond donors (Lipinski definition) is 2. The molecule has 0 spiro atoms. The number of sulfonamides is 1. The maximum absolute atomic E-state index is 14.6. The molecule has 9 nitrogen and oxygen atoms in total. The van der Waals surface area contributed by atoms with Crippen LogP contribution in [0.1, 0.15) is 10.4 Å². The van der Waals surface area contributed by atoms with Gasteiger partial charge in [0.1, 0.15) is 22.3 Å². The van der Waals surface area contributed by atoms with Crippen LogP contribution in [0.2, 0.25) is 10.0 Å². The number of benzene rings is 1. The Kier molecular flexibility index (Phi) is 8.82. The second-order valence-electron chi connectivity index (χ2n) is 7.15. The largest absolute Gasteiger partial charge is 0.470 e. The molecule has 1 aliphatic rings. The van der Waals surface area contributed by atoms with E-state index in [4.69, 9.17) is 32.7 Å². The number of aromatic nitrogens is 1. The first-order chi connectivity index (χ1) is 16.8. The molecular formula is C19H16Cl2F5N3O6S. The monoisotopic (exact) mass is 579 g/mol. The summed E-state index contributed by atoms with van der Waals surface area (Å²) in [6.07, 6.45) is -3.06. The molecule has 2 N–H and O–H groups in total. The van der Waals surface area contributed by atoms with E-state index >= 15 is 0 Å². The summed E-state index contributed by atoms with van der Waals surface area (Å²) in [6.45, 7) is -1.23. The molecule has 0 aliphatic carbocycles. The lowest BCUT2D eigenvalue weighted by Gasteiger charge is -2.23. The minimum atomic E-state index is -4.43. The van der Waals surface area contributed by atoms with E-state index in [1.807, 2.05) is 0 Å². The Morgan fingerprint density at radius 3 is 2.61 bits per heavy atom. The number of nitrogens with zero attached hydrogens (tertiary/aromatic N) is 1. The number of ether oxygens (including phenoxy) is 3. The Hall–Kier alpha value is -2.46. The molecular weight excluding hydrogens is 564 g/mol. The first-order valence-electron chi connectivity index (χ1n) is 9.79. The van der Waals surface area contributed by atoms with Gasteiger partial charge in [-0.3, -0.25) is 4.79 Å². The van der Waals surface area contributed by atoms with Gasteiger partial charge in [0.2, 0.25) is 5.88 Å². The third-order valence-electron chi connectivity index (χ3n) is 4.47. The Morgan fingerprint density at radius 1 is 1.28 bits per heavy atom. The number of hydrogen-bond acceptors (Lipinski definition) is 8. The quantitative estimate of drug-likeness (QED) is 0.433. The van der Waals surface area contributed by atoms with E-state index in [1.165, 1.54) is 0 Å². The minimum absolute atomic E-state index is 0.0757. The summed E-state index contributed by atoms with van der Waals surface area (Å²) >= 11 is 11.9. The van der Waals surface area contributed by atoms with Crippen molar-refractivity contribution in [1.29, 1.82) is 0 Å². The molecule has 0 bridgehead atoms. The van der Waals surface area contributed by atoms with E-state index in [9.17, 15) is 35.2 Å². The van der Waals surface area contributed by atoms with Gasteiger partial charge in [0.25, 0.3) is 15.9 Å². The standard InChI is InChI=1S/C19H16Cl2F5N3O6S/c20-11-4-10(16(30)29-36(31,32)15-7-27-1-2-33-15)13(22)5-14(11)35-9-3-12(21)17(28-6-9)34-8-19(25,26)18(23)24/h3-6,15,18,27H,1-2,7-8H2,(H,29,30). The minimum Gasteiger partial charge on any atom is -0.470 e. The van der Waals surface area contributed by atoms with Crippen molar-refractivity contribution in [2.75, 3.05) is 26.3 Å². The predicted molar refractivity (Wildman–Crippen MR) is 116 cm³/mol. The van der Waals surface area contributed by atoms with Gasteiger partial charge in [-0.05, 0) is 6.07 Å². The van der Waals surface area contributed by atoms with Crippen LogP contribution in [0.25, 0.3) is 0 Å². The molecule has 1 saturated heterocycles. The van der Waals surface area contributed by atoms with Crippen LogP contribution in [0.5, 0.6) is 17.4 Å². The number of morpholine rings is 1. The average Bonchev–Trinajstić information content (AvgIpc) is 2.80. The van der Waals surface area contributed by atoms with Gasteiger partial charge in [-0.25, -0.2) is 31.3 Å². The Balaban J connectivity index is 1.71. The summed E-state index contributed by atoms with van der Waals surface area (Å²) in [5.41, 5.74) is -2.07. The number of rotatable bonds is 9. The van der Waals surface area contributed by atoms with Gasteiger partial charge in [-0.2, -0.15) is 8.78 Å². The summed E-state index contributed by atoms with van der Waals surface area (Å²) < 4.78 is 106. The first kappa shape index (κ1) is 28.1. The molecule has 3 rings (SSSR count). The predicted octanol–water partition coefficient (Wildman–Crippen LogP) is 3.60. The van der Waals surface area contributed by atoms with Crippen molar-refractivity contribution in [3.05, 3.63) is 45.8 Å². The lowest BCUT2D eigenvalue weighted by molar-refractivity contribution is -0.148. The number of carbonyl (C=O) groups is 1. The van der Waals surface area contributed by atoms with Crippen LogP contribution in [0.4, 0.5) is 22.0 Å². The van der Waals surface area contributed by atoms with Crippen molar-refractivity contribution in [1.82, 2.24) is 15.0 Å². The highest BCUT2D eigenvalue weighted by molar-refractivity contribution is 7.90. The smallest absolute Gasteiger partial charge is 0.340 e. The first-order valence-corrected chi connectivity index (χ1v) is 12.1. The number of alkyl halides is 4. The van der Waals surface area contributed by atoms with E-state index in [0.717, 1.165) is 18.3 Å². The number of halogens is 7. The van der Waals surface area contributed by atoms with E-state index in [-0.39, 0.29) is 29.7 Å². The molecule has 17 heteroatoms. The van der Waals surface area contributed by atoms with E-state index in [0.29, 0.717) is 12.6 Å². The lowest BCUT2D eigenvalue weighted by Crippen LogP contribution is -2.48. The highest BCUT2D eigenvalue weighted by Gasteiger charge is 2.42. The Labute approximate surface area is 210 Å². The van der Waals surface area contributed by atoms with Crippen LogP contribution in [-0.4, -0.2) is 63.4 Å². The van der Waals surface area contributed by atoms with Crippen LogP contribution in [0, 0.1) is 5.82 Å². The topological polar surface area (TPSA) is 116 Å². The number of nitrogens with one attached hydrogen (secondary N) is 2. The van der Waals surface area contributed by atoms with Crippen LogP contribution in [0.3, 0.4) is 0 Å². The van der Waals surface area contributed by atoms with Gasteiger partial charge in [0, 0.05) is 25.2 Å². The van der Waals surface area contributed by atoms with Crippen LogP contribution >= 0.6 is 23.2 Å². The van der Waals surface area contributed by atoms with Gasteiger partial charge in [0.05, 0.1) is 23.4 Å². The lowest BCUT2D eigenvalue weighted by atomic mass is 10.2. The zero-order valence-electron chi connectivity index (χ0n) is 17.7. The third kappa shape index (κ3) is 6.85. The second kappa shape index (κ2) is 11.3. The zero-order valence-corrected chi connectivity index (χ0v) is 20.1. The van der Waals surface area contributed by atoms with Crippen molar-refractivity contribution in [2.24, 2.45) is 0 Å². The summed E-state index contributed by atoms with van der Waals surface area (Å²) in [7, 11) is -4.30. The van der Waals surface area contributed by atoms with Crippen molar-refractivity contribution in [2.45, 2.75) is 17.8 Å². The normalized spacial score (nSPS) is 16.6. The van der Waals surface area contributed by atoms with Gasteiger partial charge in [-0.15, -0.1) is 0 Å². The van der Waals surface area contributed by atoms with E-state index < -0.39 is 62.6 Å². The van der Waals surface area contributed by atoms with Gasteiger partial charge in [0.15, 0.2) is 12.0 Å². The van der Waals surface area contributed by atoms with E-state index in [1.54, 1.807) is 4.72 Å².